The van der Waals surface area contributed by atoms with Gasteiger partial charge in [0.15, 0.2) is 5.78 Å². The third-order valence-corrected chi connectivity index (χ3v) is 3.57. The second kappa shape index (κ2) is 9.25. The van der Waals surface area contributed by atoms with E-state index in [2.05, 4.69) is 0 Å². The van der Waals surface area contributed by atoms with Crippen LogP contribution in [0.1, 0.15) is 16.7 Å². The van der Waals surface area contributed by atoms with Crippen LogP contribution in [-0.2, 0) is 11.4 Å². The molecule has 0 heterocycles. The van der Waals surface area contributed by atoms with Crippen molar-refractivity contribution in [2.24, 2.45) is 0 Å². The molecule has 0 saturated heterocycles. The lowest BCUT2D eigenvalue weighted by Gasteiger charge is -2.01. The third-order valence-electron chi connectivity index (χ3n) is 3.57. The Morgan fingerprint density at radius 1 is 1.04 bits per heavy atom. The van der Waals surface area contributed by atoms with Crippen molar-refractivity contribution in [1.29, 1.82) is 0 Å². The lowest BCUT2D eigenvalue weighted by atomic mass is 10.1. The smallest absolute Gasteiger partial charge is 0.182 e. The summed E-state index contributed by atoms with van der Waals surface area (Å²) < 4.78 is 5.07. The molecule has 0 unspecified atom stereocenters. The topological polar surface area (TPSA) is 87.0 Å². The van der Waals surface area contributed by atoms with Gasteiger partial charge in [0, 0.05) is 11.6 Å². The first kappa shape index (κ1) is 19.0. The summed E-state index contributed by atoms with van der Waals surface area (Å²) in [5.74, 6) is 0.177. The highest BCUT2D eigenvalue weighted by Crippen LogP contribution is 2.19. The highest BCUT2D eigenvalue weighted by Gasteiger charge is 2.00. The van der Waals surface area contributed by atoms with Crippen LogP contribution in [0.2, 0.25) is 0 Å². The molecule has 0 fully saturated rings. The average molecular weight is 352 g/mol. The summed E-state index contributed by atoms with van der Waals surface area (Å²) in [5, 5.41) is 28.4. The molecule has 134 valence electrons. The monoisotopic (exact) mass is 352 g/mol. The van der Waals surface area contributed by atoms with E-state index in [1.54, 1.807) is 37.5 Å². The number of carbonyl (C=O) groups excluding carboxylic acids is 1. The highest BCUT2D eigenvalue weighted by molar-refractivity contribution is 6.02. The van der Waals surface area contributed by atoms with Gasteiger partial charge in [-0.05, 0) is 47.5 Å². The number of carbonyl (C=O) groups is 1. The molecule has 2 rings (SSSR count). The van der Waals surface area contributed by atoms with E-state index >= 15 is 0 Å². The molecule has 0 radical (unpaired) electrons. The molecular weight excluding hydrogens is 332 g/mol. The van der Waals surface area contributed by atoms with Crippen molar-refractivity contribution in [1.82, 2.24) is 0 Å². The number of methoxy groups -OCH3 is 1. The molecule has 0 saturated carbocycles. The van der Waals surface area contributed by atoms with Gasteiger partial charge in [-0.2, -0.15) is 0 Å². The van der Waals surface area contributed by atoms with Crippen LogP contribution in [0.3, 0.4) is 0 Å². The fourth-order valence-corrected chi connectivity index (χ4v) is 2.15. The number of hydrogen-bond donors (Lipinski definition) is 3. The number of ether oxygens (including phenoxy) is 1. The Morgan fingerprint density at radius 3 is 2.35 bits per heavy atom. The van der Waals surface area contributed by atoms with E-state index in [4.69, 9.17) is 9.84 Å². The molecule has 0 atom stereocenters. The van der Waals surface area contributed by atoms with Crippen molar-refractivity contribution in [3.63, 3.8) is 0 Å². The van der Waals surface area contributed by atoms with E-state index in [-0.39, 0.29) is 23.9 Å². The number of aliphatic hydroxyl groups excluding tert-OH is 2. The van der Waals surface area contributed by atoms with Gasteiger partial charge in [0.25, 0.3) is 0 Å². The lowest BCUT2D eigenvalue weighted by Crippen LogP contribution is -1.89. The van der Waals surface area contributed by atoms with Crippen LogP contribution >= 0.6 is 0 Å². The van der Waals surface area contributed by atoms with Crippen LogP contribution in [0.25, 0.3) is 12.2 Å². The van der Waals surface area contributed by atoms with Crippen molar-refractivity contribution in [3.05, 3.63) is 83.1 Å². The van der Waals surface area contributed by atoms with Gasteiger partial charge in [0.1, 0.15) is 17.3 Å². The quantitative estimate of drug-likeness (QED) is 0.402. The highest BCUT2D eigenvalue weighted by atomic mass is 16.5. The zero-order valence-electron chi connectivity index (χ0n) is 14.3. The first-order chi connectivity index (χ1) is 12.5. The van der Waals surface area contributed by atoms with E-state index in [9.17, 15) is 15.0 Å². The van der Waals surface area contributed by atoms with Crippen molar-refractivity contribution in [2.75, 3.05) is 7.11 Å². The zero-order chi connectivity index (χ0) is 18.9. The first-order valence-electron chi connectivity index (χ1n) is 7.89. The Balaban J connectivity index is 2.01. The Kier molecular flexibility index (Phi) is 6.76. The Labute approximate surface area is 151 Å². The predicted octanol–water partition coefficient (Wildman–Crippen LogP) is 3.63. The van der Waals surface area contributed by atoms with E-state index in [0.29, 0.717) is 11.1 Å². The molecule has 2 aromatic carbocycles. The average Bonchev–Trinajstić information content (AvgIpc) is 2.66. The molecule has 5 heteroatoms. The number of allylic oxidation sites excluding steroid dienone is 3. The number of aliphatic hydroxyl groups is 2. The summed E-state index contributed by atoms with van der Waals surface area (Å²) >= 11 is 0. The molecule has 0 aliphatic rings. The molecule has 0 aliphatic carbocycles. The van der Waals surface area contributed by atoms with Crippen LogP contribution in [0.5, 0.6) is 11.5 Å². The van der Waals surface area contributed by atoms with Crippen LogP contribution < -0.4 is 4.74 Å². The van der Waals surface area contributed by atoms with Crippen LogP contribution in [0.15, 0.2) is 66.5 Å². The maximum atomic E-state index is 11.9. The van der Waals surface area contributed by atoms with E-state index < -0.39 is 0 Å². The summed E-state index contributed by atoms with van der Waals surface area (Å²) in [6.07, 6.45) is 7.04. The summed E-state index contributed by atoms with van der Waals surface area (Å²) in [5.41, 5.74) is 1.89. The summed E-state index contributed by atoms with van der Waals surface area (Å²) in [6, 6.07) is 11.9. The van der Waals surface area contributed by atoms with Gasteiger partial charge in [-0.25, -0.2) is 0 Å². The molecule has 26 heavy (non-hydrogen) atoms. The van der Waals surface area contributed by atoms with E-state index in [0.717, 1.165) is 17.4 Å². The zero-order valence-corrected chi connectivity index (χ0v) is 14.3. The third kappa shape index (κ3) is 5.65. The minimum absolute atomic E-state index is 0.00261. The maximum absolute atomic E-state index is 11.9. The molecule has 0 aliphatic heterocycles. The van der Waals surface area contributed by atoms with Gasteiger partial charge in [0.05, 0.1) is 13.7 Å². The van der Waals surface area contributed by atoms with Crippen molar-refractivity contribution in [2.45, 2.75) is 6.61 Å². The van der Waals surface area contributed by atoms with Gasteiger partial charge in [-0.1, -0.05) is 30.4 Å². The predicted molar refractivity (Wildman–Crippen MR) is 101 cm³/mol. The number of hydrogen-bond acceptors (Lipinski definition) is 5. The molecule has 2 aromatic rings. The number of aromatic hydroxyl groups is 1. The molecule has 5 nitrogen and oxygen atoms in total. The number of ketones is 1. The van der Waals surface area contributed by atoms with Gasteiger partial charge in [0.2, 0.25) is 0 Å². The first-order valence-corrected chi connectivity index (χ1v) is 7.89. The van der Waals surface area contributed by atoms with Crippen LogP contribution in [-0.4, -0.2) is 28.2 Å². The molecule has 3 N–H and O–H groups in total. The lowest BCUT2D eigenvalue weighted by molar-refractivity contribution is -0.110. The van der Waals surface area contributed by atoms with Crippen LogP contribution in [0, 0.1) is 0 Å². The Hall–Kier alpha value is -3.31. The van der Waals surface area contributed by atoms with E-state index in [1.807, 2.05) is 12.1 Å². The van der Waals surface area contributed by atoms with Crippen molar-refractivity contribution in [3.8, 4) is 11.5 Å². The van der Waals surface area contributed by atoms with E-state index in [1.165, 1.54) is 24.3 Å². The number of rotatable bonds is 7. The molecule has 0 bridgehead atoms. The van der Waals surface area contributed by atoms with Gasteiger partial charge in [-0.15, -0.1) is 0 Å². The second-order valence-electron chi connectivity index (χ2n) is 5.46. The normalized spacial score (nSPS) is 12.0. The summed E-state index contributed by atoms with van der Waals surface area (Å²) in [6.45, 7) is -0.293. The van der Waals surface area contributed by atoms with Gasteiger partial charge >= 0.3 is 0 Å². The SMILES string of the molecule is COc1ccc(/C=C/C(O)=C/C(=O)/C=C/c2ccc(O)c(CO)c2)cc1. The summed E-state index contributed by atoms with van der Waals surface area (Å²) in [4.78, 5) is 11.9. The number of benzene rings is 2. The fraction of sp³-hybridized carbons (Fsp3) is 0.0952. The fourth-order valence-electron chi connectivity index (χ4n) is 2.15. The second-order valence-corrected chi connectivity index (χ2v) is 5.46. The summed E-state index contributed by atoms with van der Waals surface area (Å²) in [7, 11) is 1.58. The molecule has 0 amide bonds. The van der Waals surface area contributed by atoms with Crippen molar-refractivity contribution >= 4 is 17.9 Å². The Morgan fingerprint density at radius 2 is 1.69 bits per heavy atom. The molecule has 0 aromatic heterocycles. The Bertz CT molecular complexity index is 845. The number of phenols is 1. The standard InChI is InChI=1S/C21H20O5/c1-26-20-9-4-15(5-10-20)2-7-18(23)13-19(24)8-3-16-6-11-21(25)17(12-16)14-22/h2-13,22-23,25H,14H2,1H3/b7-2+,8-3+,18-13-. The molecule has 0 spiro atoms. The van der Waals surface area contributed by atoms with Gasteiger partial charge < -0.3 is 20.1 Å². The van der Waals surface area contributed by atoms with Gasteiger partial charge in [-0.3, -0.25) is 4.79 Å². The largest absolute Gasteiger partial charge is 0.508 e. The maximum Gasteiger partial charge on any atom is 0.182 e. The minimum atomic E-state index is -0.388. The molecular formula is C21H20O5. The minimum Gasteiger partial charge on any atom is -0.508 e. The van der Waals surface area contributed by atoms with Crippen LogP contribution in [0.4, 0.5) is 0 Å². The van der Waals surface area contributed by atoms with Crippen molar-refractivity contribution < 1.29 is 24.9 Å².